The molecule has 2 rings (SSSR count). The molecule has 0 aliphatic carbocycles. The summed E-state index contributed by atoms with van der Waals surface area (Å²) in [5.74, 6) is 1.02. The Balaban J connectivity index is 2.02. The van der Waals surface area contributed by atoms with Gasteiger partial charge >= 0.3 is 0 Å². The van der Waals surface area contributed by atoms with Crippen LogP contribution in [0.2, 0.25) is 0 Å². The van der Waals surface area contributed by atoms with Gasteiger partial charge in [0.1, 0.15) is 5.75 Å². The van der Waals surface area contributed by atoms with E-state index in [0.717, 1.165) is 42.7 Å². The van der Waals surface area contributed by atoms with E-state index >= 15 is 0 Å². The van der Waals surface area contributed by atoms with Gasteiger partial charge in [0.15, 0.2) is 0 Å². The predicted molar refractivity (Wildman–Crippen MR) is 111 cm³/mol. The maximum absolute atomic E-state index is 12.4. The fourth-order valence-electron chi connectivity index (χ4n) is 2.59. The van der Waals surface area contributed by atoms with Crippen molar-refractivity contribution in [2.75, 3.05) is 6.61 Å². The Morgan fingerprint density at radius 1 is 1.00 bits per heavy atom. The van der Waals surface area contributed by atoms with Crippen LogP contribution < -0.4 is 10.2 Å². The lowest BCUT2D eigenvalue weighted by molar-refractivity contribution is 0.0954. The zero-order valence-electron chi connectivity index (χ0n) is 16.6. The van der Waals surface area contributed by atoms with Crippen molar-refractivity contribution in [3.63, 3.8) is 0 Å². The summed E-state index contributed by atoms with van der Waals surface area (Å²) in [6.07, 6.45) is 4.21. The minimum Gasteiger partial charge on any atom is -0.493 e. The molecule has 0 unspecified atom stereocenters. The summed E-state index contributed by atoms with van der Waals surface area (Å²) in [5.41, 5.74) is 5.23. The summed E-state index contributed by atoms with van der Waals surface area (Å²) in [4.78, 5) is 12.4. The molecule has 0 saturated heterocycles. The van der Waals surface area contributed by atoms with Gasteiger partial charge in [0.25, 0.3) is 5.91 Å². The molecule has 1 N–H and O–H groups in total. The second-order valence-electron chi connectivity index (χ2n) is 7.05. The molecule has 1 amide bonds. The van der Waals surface area contributed by atoms with Crippen LogP contribution in [0.4, 0.5) is 0 Å². The molecular formula is C23H30N2O2. The van der Waals surface area contributed by atoms with Gasteiger partial charge in [0.05, 0.1) is 12.3 Å². The van der Waals surface area contributed by atoms with E-state index in [1.807, 2.05) is 42.5 Å². The SMILES string of the molecule is CCCCC/C(=N\NC(=O)c1ccc(OCC(C)C)cc1)c1ccccc1. The largest absolute Gasteiger partial charge is 0.493 e. The van der Waals surface area contributed by atoms with Gasteiger partial charge in [-0.15, -0.1) is 0 Å². The van der Waals surface area contributed by atoms with Crippen molar-refractivity contribution < 1.29 is 9.53 Å². The average molecular weight is 367 g/mol. The molecule has 0 aromatic heterocycles. The molecule has 0 fully saturated rings. The number of amides is 1. The van der Waals surface area contributed by atoms with Gasteiger partial charge < -0.3 is 4.74 Å². The highest BCUT2D eigenvalue weighted by atomic mass is 16.5. The molecule has 0 atom stereocenters. The number of unbranched alkanes of at least 4 members (excludes halogenated alkanes) is 2. The molecule has 144 valence electrons. The predicted octanol–water partition coefficient (Wildman–Crippen LogP) is 5.44. The van der Waals surface area contributed by atoms with Gasteiger partial charge in [-0.1, -0.05) is 63.9 Å². The monoisotopic (exact) mass is 366 g/mol. The molecular weight excluding hydrogens is 336 g/mol. The van der Waals surface area contributed by atoms with Crippen LogP contribution in [-0.2, 0) is 0 Å². The lowest BCUT2D eigenvalue weighted by Gasteiger charge is -2.09. The number of hydrogen-bond donors (Lipinski definition) is 1. The lowest BCUT2D eigenvalue weighted by atomic mass is 10.0. The molecule has 0 radical (unpaired) electrons. The van der Waals surface area contributed by atoms with Crippen molar-refractivity contribution in [2.45, 2.75) is 46.5 Å². The number of carbonyl (C=O) groups excluding carboxylic acids is 1. The lowest BCUT2D eigenvalue weighted by Crippen LogP contribution is -2.20. The van der Waals surface area contributed by atoms with Crippen LogP contribution in [0.15, 0.2) is 59.7 Å². The molecule has 0 aliphatic rings. The zero-order chi connectivity index (χ0) is 19.5. The number of ether oxygens (including phenoxy) is 1. The van der Waals surface area contributed by atoms with E-state index in [4.69, 9.17) is 4.74 Å². The highest BCUT2D eigenvalue weighted by molar-refractivity contribution is 6.02. The highest BCUT2D eigenvalue weighted by Crippen LogP contribution is 2.14. The van der Waals surface area contributed by atoms with E-state index in [0.29, 0.717) is 18.1 Å². The van der Waals surface area contributed by atoms with E-state index < -0.39 is 0 Å². The first-order valence-corrected chi connectivity index (χ1v) is 9.75. The van der Waals surface area contributed by atoms with Crippen molar-refractivity contribution in [1.29, 1.82) is 0 Å². The molecule has 0 bridgehead atoms. The first-order chi connectivity index (χ1) is 13.1. The highest BCUT2D eigenvalue weighted by Gasteiger charge is 2.08. The van der Waals surface area contributed by atoms with Crippen molar-refractivity contribution in [2.24, 2.45) is 11.0 Å². The molecule has 0 aliphatic heterocycles. The maximum Gasteiger partial charge on any atom is 0.271 e. The van der Waals surface area contributed by atoms with Gasteiger partial charge in [0, 0.05) is 5.56 Å². The van der Waals surface area contributed by atoms with E-state index in [1.54, 1.807) is 12.1 Å². The third-order valence-electron chi connectivity index (χ3n) is 4.12. The Hall–Kier alpha value is -2.62. The third-order valence-corrected chi connectivity index (χ3v) is 4.12. The summed E-state index contributed by atoms with van der Waals surface area (Å²) in [5, 5.41) is 4.41. The normalized spacial score (nSPS) is 11.5. The van der Waals surface area contributed by atoms with Crippen molar-refractivity contribution in [3.05, 3.63) is 65.7 Å². The summed E-state index contributed by atoms with van der Waals surface area (Å²) < 4.78 is 5.65. The summed E-state index contributed by atoms with van der Waals surface area (Å²) >= 11 is 0. The fraction of sp³-hybridized carbons (Fsp3) is 0.391. The van der Waals surface area contributed by atoms with Crippen molar-refractivity contribution >= 4 is 11.6 Å². The van der Waals surface area contributed by atoms with Crippen LogP contribution in [-0.4, -0.2) is 18.2 Å². The molecule has 4 heteroatoms. The van der Waals surface area contributed by atoms with Crippen LogP contribution in [0.25, 0.3) is 0 Å². The number of hydrazone groups is 1. The number of nitrogens with zero attached hydrogens (tertiary/aromatic N) is 1. The quantitative estimate of drug-likeness (QED) is 0.346. The van der Waals surface area contributed by atoms with E-state index in [2.05, 4.69) is 31.3 Å². The van der Waals surface area contributed by atoms with Crippen LogP contribution in [0, 0.1) is 5.92 Å². The van der Waals surface area contributed by atoms with Crippen molar-refractivity contribution in [3.8, 4) is 5.75 Å². The smallest absolute Gasteiger partial charge is 0.271 e. The molecule has 2 aromatic carbocycles. The number of hydrogen-bond acceptors (Lipinski definition) is 3. The Morgan fingerprint density at radius 3 is 2.33 bits per heavy atom. The van der Waals surface area contributed by atoms with Gasteiger partial charge in [-0.05, 0) is 48.6 Å². The zero-order valence-corrected chi connectivity index (χ0v) is 16.6. The number of benzene rings is 2. The standard InChI is InChI=1S/C23H30N2O2/c1-4-5-7-12-22(19-10-8-6-9-11-19)24-25-23(26)20-13-15-21(16-14-20)27-17-18(2)3/h6,8-11,13-16,18H,4-5,7,12,17H2,1-3H3,(H,25,26)/b24-22+. The minimum absolute atomic E-state index is 0.214. The summed E-state index contributed by atoms with van der Waals surface area (Å²) in [7, 11) is 0. The minimum atomic E-state index is -0.214. The molecule has 0 spiro atoms. The average Bonchev–Trinajstić information content (AvgIpc) is 2.70. The van der Waals surface area contributed by atoms with Crippen LogP contribution >= 0.6 is 0 Å². The number of carbonyl (C=O) groups is 1. The van der Waals surface area contributed by atoms with Gasteiger partial charge in [-0.2, -0.15) is 5.10 Å². The molecule has 2 aromatic rings. The Morgan fingerprint density at radius 2 is 1.70 bits per heavy atom. The Labute approximate surface area is 162 Å². The maximum atomic E-state index is 12.4. The summed E-state index contributed by atoms with van der Waals surface area (Å²) in [6.45, 7) is 7.04. The van der Waals surface area contributed by atoms with Crippen LogP contribution in [0.5, 0.6) is 5.75 Å². The van der Waals surface area contributed by atoms with Crippen molar-refractivity contribution in [1.82, 2.24) is 5.43 Å². The Bertz CT molecular complexity index is 722. The molecule has 27 heavy (non-hydrogen) atoms. The second kappa shape index (κ2) is 11.2. The van der Waals surface area contributed by atoms with Gasteiger partial charge in [0.2, 0.25) is 0 Å². The number of rotatable bonds is 10. The van der Waals surface area contributed by atoms with Crippen LogP contribution in [0.3, 0.4) is 0 Å². The van der Waals surface area contributed by atoms with Gasteiger partial charge in [-0.25, -0.2) is 5.43 Å². The second-order valence-corrected chi connectivity index (χ2v) is 7.05. The van der Waals surface area contributed by atoms with E-state index in [1.165, 1.54) is 0 Å². The first-order valence-electron chi connectivity index (χ1n) is 9.75. The Kier molecular flexibility index (Phi) is 8.56. The van der Waals surface area contributed by atoms with Gasteiger partial charge in [-0.3, -0.25) is 4.79 Å². The topological polar surface area (TPSA) is 50.7 Å². The molecule has 0 heterocycles. The van der Waals surface area contributed by atoms with Crippen LogP contribution in [0.1, 0.15) is 62.4 Å². The van der Waals surface area contributed by atoms with E-state index in [-0.39, 0.29) is 5.91 Å². The summed E-state index contributed by atoms with van der Waals surface area (Å²) in [6, 6.07) is 17.2. The number of nitrogens with one attached hydrogen (secondary N) is 1. The third kappa shape index (κ3) is 7.26. The first kappa shape index (κ1) is 20.7. The molecule has 4 nitrogen and oxygen atoms in total. The fourth-order valence-corrected chi connectivity index (χ4v) is 2.59. The van der Waals surface area contributed by atoms with E-state index in [9.17, 15) is 4.79 Å². The molecule has 0 saturated carbocycles.